The number of benzene rings is 3. The van der Waals surface area contributed by atoms with Gasteiger partial charge in [0.2, 0.25) is 10.0 Å². The van der Waals surface area contributed by atoms with Gasteiger partial charge in [0.15, 0.2) is 0 Å². The number of imide groups is 1. The Bertz CT molecular complexity index is 1530. The molecule has 3 aromatic carbocycles. The summed E-state index contributed by atoms with van der Waals surface area (Å²) >= 11 is 0. The van der Waals surface area contributed by atoms with E-state index in [0.29, 0.717) is 0 Å². The average Bonchev–Trinajstić information content (AvgIpc) is 3.32. The highest BCUT2D eigenvalue weighted by Gasteiger charge is 2.45. The largest absolute Gasteiger partial charge is 0.273 e. The molecule has 182 valence electrons. The second-order valence-electron chi connectivity index (χ2n) is 8.66. The molecule has 3 aromatic rings. The molecule has 2 heterocycles. The monoisotopic (exact) mass is 514 g/mol. The molecule has 2 aliphatic heterocycles. The van der Waals surface area contributed by atoms with Gasteiger partial charge >= 0.3 is 0 Å². The van der Waals surface area contributed by atoms with Crippen molar-refractivity contribution in [1.29, 1.82) is 0 Å². The van der Waals surface area contributed by atoms with Crippen LogP contribution in [-0.2, 0) is 24.3 Å². The van der Waals surface area contributed by atoms with Crippen LogP contribution in [0.25, 0.3) is 10.8 Å². The smallest absolute Gasteiger partial charge is 0.264 e. The SMILES string of the molecule is CS(=O)(=O)O[C@@H]1C[C@@H](CN2C(=O)c3ccccc3C2=O)N(S(=O)(=O)c2ccc3ccccc3c2)C1. The maximum Gasteiger partial charge on any atom is 0.264 e. The number of hydrogen-bond acceptors (Lipinski definition) is 7. The first-order valence-electron chi connectivity index (χ1n) is 10.9. The van der Waals surface area contributed by atoms with Crippen molar-refractivity contribution >= 4 is 42.7 Å². The highest BCUT2D eigenvalue weighted by atomic mass is 32.2. The standard InChI is InChI=1S/C24H22N2O7S2/c1-34(29,30)33-19-13-18(14-25-23(27)21-8-4-5-9-22(21)24(25)28)26(15-19)35(31,32)20-11-10-16-6-2-3-7-17(16)12-20/h2-12,18-19H,13-15H2,1H3/t18-,19+/m0/s1. The Morgan fingerprint density at radius 1 is 0.857 bits per heavy atom. The quantitative estimate of drug-likeness (QED) is 0.366. The van der Waals surface area contributed by atoms with Crippen molar-refractivity contribution in [2.45, 2.75) is 23.5 Å². The Balaban J connectivity index is 1.49. The van der Waals surface area contributed by atoms with Crippen molar-refractivity contribution in [3.63, 3.8) is 0 Å². The van der Waals surface area contributed by atoms with Crippen LogP contribution in [0.15, 0.2) is 71.6 Å². The van der Waals surface area contributed by atoms with Gasteiger partial charge in [0.1, 0.15) is 0 Å². The first kappa shape index (κ1) is 23.6. The molecule has 0 radical (unpaired) electrons. The molecule has 5 rings (SSSR count). The van der Waals surface area contributed by atoms with Gasteiger partial charge in [0.05, 0.1) is 28.4 Å². The molecule has 0 aromatic heterocycles. The van der Waals surface area contributed by atoms with Gasteiger partial charge in [-0.2, -0.15) is 12.7 Å². The molecule has 9 nitrogen and oxygen atoms in total. The average molecular weight is 515 g/mol. The summed E-state index contributed by atoms with van der Waals surface area (Å²) in [6, 6.07) is 17.6. The molecule has 0 saturated carbocycles. The van der Waals surface area contributed by atoms with Crippen LogP contribution in [0.3, 0.4) is 0 Å². The van der Waals surface area contributed by atoms with Crippen molar-refractivity contribution in [3.05, 3.63) is 77.9 Å². The number of hydrogen-bond donors (Lipinski definition) is 0. The van der Waals surface area contributed by atoms with E-state index in [1.807, 2.05) is 12.1 Å². The number of carbonyl (C=O) groups excluding carboxylic acids is 2. The molecule has 11 heteroatoms. The highest BCUT2D eigenvalue weighted by Crippen LogP contribution is 2.32. The van der Waals surface area contributed by atoms with E-state index in [9.17, 15) is 26.4 Å². The first-order chi connectivity index (χ1) is 16.5. The summed E-state index contributed by atoms with van der Waals surface area (Å²) in [6.07, 6.45) is -0.0413. The van der Waals surface area contributed by atoms with E-state index in [0.717, 1.165) is 26.2 Å². The van der Waals surface area contributed by atoms with Crippen LogP contribution < -0.4 is 0 Å². The molecular weight excluding hydrogens is 492 g/mol. The van der Waals surface area contributed by atoms with E-state index in [2.05, 4.69) is 0 Å². The van der Waals surface area contributed by atoms with Gasteiger partial charge < -0.3 is 0 Å². The lowest BCUT2D eigenvalue weighted by Gasteiger charge is -2.27. The molecule has 0 bridgehead atoms. The summed E-state index contributed by atoms with van der Waals surface area (Å²) in [6.45, 7) is -0.446. The van der Waals surface area contributed by atoms with Crippen molar-refractivity contribution < 1.29 is 30.6 Å². The Labute approximate surface area is 203 Å². The molecule has 35 heavy (non-hydrogen) atoms. The zero-order chi connectivity index (χ0) is 25.0. The third-order valence-electron chi connectivity index (χ3n) is 6.24. The van der Waals surface area contributed by atoms with Crippen molar-refractivity contribution in [2.24, 2.45) is 0 Å². The van der Waals surface area contributed by atoms with Gasteiger partial charge in [-0.05, 0) is 41.5 Å². The van der Waals surface area contributed by atoms with Crippen molar-refractivity contribution in [3.8, 4) is 0 Å². The molecule has 2 amide bonds. The van der Waals surface area contributed by atoms with Crippen LogP contribution in [0.2, 0.25) is 0 Å². The third kappa shape index (κ3) is 4.36. The fourth-order valence-electron chi connectivity index (χ4n) is 4.70. The molecule has 2 aliphatic rings. The number of rotatable bonds is 6. The summed E-state index contributed by atoms with van der Waals surface area (Å²) in [5, 5.41) is 1.60. The van der Waals surface area contributed by atoms with Crippen LogP contribution in [-0.4, -0.2) is 69.3 Å². The van der Waals surface area contributed by atoms with Crippen molar-refractivity contribution in [2.75, 3.05) is 19.3 Å². The van der Waals surface area contributed by atoms with Crippen LogP contribution >= 0.6 is 0 Å². The van der Waals surface area contributed by atoms with E-state index in [1.54, 1.807) is 48.5 Å². The number of fused-ring (bicyclic) bond motifs is 2. The zero-order valence-corrected chi connectivity index (χ0v) is 20.3. The molecule has 0 unspecified atom stereocenters. The van der Waals surface area contributed by atoms with Gasteiger partial charge in [0, 0.05) is 19.1 Å². The van der Waals surface area contributed by atoms with E-state index in [1.165, 1.54) is 6.07 Å². The number of amides is 2. The van der Waals surface area contributed by atoms with Crippen LogP contribution in [0, 0.1) is 0 Å². The Hall–Kier alpha value is -3.12. The van der Waals surface area contributed by atoms with Crippen molar-refractivity contribution in [1.82, 2.24) is 9.21 Å². The number of carbonyl (C=O) groups is 2. The Morgan fingerprint density at radius 2 is 1.46 bits per heavy atom. The summed E-state index contributed by atoms with van der Waals surface area (Å²) in [5.41, 5.74) is 0.506. The maximum absolute atomic E-state index is 13.7. The summed E-state index contributed by atoms with van der Waals surface area (Å²) < 4.78 is 57.1. The van der Waals surface area contributed by atoms with E-state index in [-0.39, 0.29) is 35.5 Å². The lowest BCUT2D eigenvalue weighted by molar-refractivity contribution is 0.0627. The molecule has 0 N–H and O–H groups in total. The second kappa shape index (κ2) is 8.52. The Morgan fingerprint density at radius 3 is 2.09 bits per heavy atom. The van der Waals surface area contributed by atoms with Gasteiger partial charge in [-0.25, -0.2) is 8.42 Å². The normalized spacial score (nSPS) is 21.1. The highest BCUT2D eigenvalue weighted by molar-refractivity contribution is 7.89. The lowest BCUT2D eigenvalue weighted by Crippen LogP contribution is -2.45. The molecule has 0 spiro atoms. The minimum atomic E-state index is -4.10. The predicted molar refractivity (Wildman–Crippen MR) is 128 cm³/mol. The summed E-state index contributed by atoms with van der Waals surface area (Å²) in [4.78, 5) is 26.8. The van der Waals surface area contributed by atoms with Crippen LogP contribution in [0.1, 0.15) is 27.1 Å². The molecule has 1 saturated heterocycles. The fourth-order valence-corrected chi connectivity index (χ4v) is 7.03. The number of sulfonamides is 1. The minimum absolute atomic E-state index is 0.00723. The van der Waals surface area contributed by atoms with Gasteiger partial charge in [-0.15, -0.1) is 0 Å². The van der Waals surface area contributed by atoms with Gasteiger partial charge in [0.25, 0.3) is 21.9 Å². The minimum Gasteiger partial charge on any atom is -0.273 e. The predicted octanol–water partition coefficient (Wildman–Crippen LogP) is 2.24. The molecular formula is C24H22N2O7S2. The summed E-state index contributed by atoms with van der Waals surface area (Å²) in [7, 11) is -7.96. The van der Waals surface area contributed by atoms with Gasteiger partial charge in [-0.3, -0.25) is 18.7 Å². The molecule has 2 atom stereocenters. The van der Waals surface area contributed by atoms with E-state index in [4.69, 9.17) is 4.18 Å². The molecule has 0 aliphatic carbocycles. The maximum atomic E-state index is 13.7. The second-order valence-corrected chi connectivity index (χ2v) is 12.2. The first-order valence-corrected chi connectivity index (χ1v) is 14.1. The van der Waals surface area contributed by atoms with Crippen LogP contribution in [0.5, 0.6) is 0 Å². The summed E-state index contributed by atoms with van der Waals surface area (Å²) in [5.74, 6) is -1.03. The number of nitrogens with zero attached hydrogens (tertiary/aromatic N) is 2. The molecule has 1 fully saturated rings. The van der Waals surface area contributed by atoms with Crippen LogP contribution in [0.4, 0.5) is 0 Å². The van der Waals surface area contributed by atoms with E-state index >= 15 is 0 Å². The fraction of sp³-hybridized carbons (Fsp3) is 0.250. The zero-order valence-electron chi connectivity index (χ0n) is 18.7. The van der Waals surface area contributed by atoms with E-state index < -0.39 is 44.1 Å². The topological polar surface area (TPSA) is 118 Å². The van der Waals surface area contributed by atoms with Gasteiger partial charge in [-0.1, -0.05) is 42.5 Å². The third-order valence-corrected chi connectivity index (χ3v) is 8.77. The lowest BCUT2D eigenvalue weighted by atomic mass is 10.1. The Kier molecular flexibility index (Phi) is 5.75.